The molecule has 0 aliphatic carbocycles. The third-order valence-corrected chi connectivity index (χ3v) is 4.10. The molecule has 0 saturated heterocycles. The molecule has 0 aliphatic rings. The summed E-state index contributed by atoms with van der Waals surface area (Å²) in [5.41, 5.74) is 4.39. The molecule has 3 aromatic rings. The van der Waals surface area contributed by atoms with Gasteiger partial charge in [0, 0.05) is 29.7 Å². The smallest absolute Gasteiger partial charge is 0.232 e. The minimum atomic E-state index is 0.710. The van der Waals surface area contributed by atoms with Gasteiger partial charge in [-0.3, -0.25) is 0 Å². The number of para-hydroxylation sites is 1. The molecule has 0 atom stereocenters. The SMILES string of the molecule is CCc1ccc(Nc2cc(C)nc(N(CC)c3ccccc3)n2)cc1. The second-order valence-corrected chi connectivity index (χ2v) is 5.95. The zero-order valence-electron chi connectivity index (χ0n) is 15.0. The van der Waals surface area contributed by atoms with Gasteiger partial charge in [0.2, 0.25) is 5.95 Å². The zero-order valence-corrected chi connectivity index (χ0v) is 15.0. The van der Waals surface area contributed by atoms with Crippen molar-refractivity contribution < 1.29 is 0 Å². The van der Waals surface area contributed by atoms with E-state index in [2.05, 4.69) is 65.4 Å². The first-order valence-corrected chi connectivity index (χ1v) is 8.74. The highest BCUT2D eigenvalue weighted by atomic mass is 15.3. The third-order valence-electron chi connectivity index (χ3n) is 4.10. The molecule has 0 aliphatic heterocycles. The molecular formula is C21H24N4. The minimum Gasteiger partial charge on any atom is -0.340 e. The molecule has 4 heteroatoms. The Labute approximate surface area is 149 Å². The second kappa shape index (κ2) is 7.79. The molecule has 0 unspecified atom stereocenters. The van der Waals surface area contributed by atoms with E-state index in [1.165, 1.54) is 5.56 Å². The number of hydrogen-bond acceptors (Lipinski definition) is 4. The van der Waals surface area contributed by atoms with Crippen LogP contribution in [0.15, 0.2) is 60.7 Å². The molecule has 0 fully saturated rings. The second-order valence-electron chi connectivity index (χ2n) is 5.95. The molecule has 0 radical (unpaired) electrons. The molecule has 0 bridgehead atoms. The number of nitrogens with zero attached hydrogens (tertiary/aromatic N) is 3. The third kappa shape index (κ3) is 4.15. The molecule has 4 nitrogen and oxygen atoms in total. The highest BCUT2D eigenvalue weighted by Crippen LogP contribution is 2.24. The summed E-state index contributed by atoms with van der Waals surface area (Å²) >= 11 is 0. The van der Waals surface area contributed by atoms with Gasteiger partial charge in [-0.2, -0.15) is 4.98 Å². The fraction of sp³-hybridized carbons (Fsp3) is 0.238. The molecule has 1 heterocycles. The van der Waals surface area contributed by atoms with Crippen LogP contribution in [0.3, 0.4) is 0 Å². The quantitative estimate of drug-likeness (QED) is 0.669. The van der Waals surface area contributed by atoms with Crippen molar-refractivity contribution in [3.63, 3.8) is 0 Å². The first-order valence-electron chi connectivity index (χ1n) is 8.74. The molecule has 0 saturated carbocycles. The fourth-order valence-corrected chi connectivity index (χ4v) is 2.76. The van der Waals surface area contributed by atoms with Crippen LogP contribution in [0.2, 0.25) is 0 Å². The summed E-state index contributed by atoms with van der Waals surface area (Å²) in [5, 5.41) is 3.39. The van der Waals surface area contributed by atoms with Gasteiger partial charge >= 0.3 is 0 Å². The lowest BCUT2D eigenvalue weighted by atomic mass is 10.1. The summed E-state index contributed by atoms with van der Waals surface area (Å²) < 4.78 is 0. The van der Waals surface area contributed by atoms with Crippen LogP contribution < -0.4 is 10.2 Å². The standard InChI is InChI=1S/C21H24N4/c1-4-17-11-13-18(14-12-17)23-20-15-16(3)22-21(24-20)25(5-2)19-9-7-6-8-10-19/h6-15H,4-5H2,1-3H3,(H,22,23,24). The van der Waals surface area contributed by atoms with Crippen LogP contribution in [0.5, 0.6) is 0 Å². The Bertz CT molecular complexity index is 813. The van der Waals surface area contributed by atoms with Gasteiger partial charge in [0.25, 0.3) is 0 Å². The Hall–Kier alpha value is -2.88. The number of aromatic nitrogens is 2. The summed E-state index contributed by atoms with van der Waals surface area (Å²) in [6.07, 6.45) is 1.04. The van der Waals surface area contributed by atoms with E-state index in [1.54, 1.807) is 0 Å². The van der Waals surface area contributed by atoms with Crippen LogP contribution >= 0.6 is 0 Å². The zero-order chi connectivity index (χ0) is 17.6. The van der Waals surface area contributed by atoms with Crippen LogP contribution in [-0.4, -0.2) is 16.5 Å². The highest BCUT2D eigenvalue weighted by molar-refractivity contribution is 5.62. The van der Waals surface area contributed by atoms with E-state index < -0.39 is 0 Å². The van der Waals surface area contributed by atoms with Gasteiger partial charge in [0.1, 0.15) is 5.82 Å². The maximum Gasteiger partial charge on any atom is 0.232 e. The van der Waals surface area contributed by atoms with E-state index in [-0.39, 0.29) is 0 Å². The number of anilines is 4. The van der Waals surface area contributed by atoms with E-state index in [9.17, 15) is 0 Å². The fourth-order valence-electron chi connectivity index (χ4n) is 2.76. The van der Waals surface area contributed by atoms with Gasteiger partial charge in [-0.05, 0) is 50.1 Å². The molecule has 2 aromatic carbocycles. The van der Waals surface area contributed by atoms with Crippen molar-refractivity contribution >= 4 is 23.1 Å². The van der Waals surface area contributed by atoms with E-state index in [0.29, 0.717) is 5.95 Å². The molecule has 25 heavy (non-hydrogen) atoms. The van der Waals surface area contributed by atoms with Crippen LogP contribution in [0.1, 0.15) is 25.1 Å². The monoisotopic (exact) mass is 332 g/mol. The predicted octanol–water partition coefficient (Wildman–Crippen LogP) is 5.25. The van der Waals surface area contributed by atoms with Crippen LogP contribution in [0.4, 0.5) is 23.1 Å². The Morgan fingerprint density at radius 1 is 0.920 bits per heavy atom. The first-order chi connectivity index (χ1) is 12.2. The Morgan fingerprint density at radius 2 is 1.64 bits per heavy atom. The number of rotatable bonds is 6. The lowest BCUT2D eigenvalue weighted by molar-refractivity contribution is 0.936. The van der Waals surface area contributed by atoms with Crippen molar-refractivity contribution in [3.05, 3.63) is 71.9 Å². The maximum absolute atomic E-state index is 4.72. The summed E-state index contributed by atoms with van der Waals surface area (Å²) in [7, 11) is 0. The number of benzene rings is 2. The highest BCUT2D eigenvalue weighted by Gasteiger charge is 2.12. The van der Waals surface area contributed by atoms with E-state index in [0.717, 1.165) is 35.9 Å². The van der Waals surface area contributed by atoms with Gasteiger partial charge in [-0.1, -0.05) is 37.3 Å². The van der Waals surface area contributed by atoms with Gasteiger partial charge in [-0.15, -0.1) is 0 Å². The van der Waals surface area contributed by atoms with Crippen LogP contribution in [0.25, 0.3) is 0 Å². The van der Waals surface area contributed by atoms with E-state index in [1.807, 2.05) is 31.2 Å². The number of aryl methyl sites for hydroxylation is 2. The predicted molar refractivity (Wildman–Crippen MR) is 105 cm³/mol. The molecule has 1 aromatic heterocycles. The van der Waals surface area contributed by atoms with Crippen molar-refractivity contribution in [1.82, 2.24) is 9.97 Å². The molecule has 0 amide bonds. The average Bonchev–Trinajstić information content (AvgIpc) is 2.63. The summed E-state index contributed by atoms with van der Waals surface area (Å²) in [4.78, 5) is 11.5. The summed E-state index contributed by atoms with van der Waals surface area (Å²) in [6, 6.07) is 20.6. The van der Waals surface area contributed by atoms with Crippen LogP contribution in [0, 0.1) is 6.92 Å². The van der Waals surface area contributed by atoms with Gasteiger partial charge in [-0.25, -0.2) is 4.98 Å². The number of nitrogens with one attached hydrogen (secondary N) is 1. The Balaban J connectivity index is 1.89. The Morgan fingerprint density at radius 3 is 2.28 bits per heavy atom. The average molecular weight is 332 g/mol. The lowest BCUT2D eigenvalue weighted by Crippen LogP contribution is -2.19. The minimum absolute atomic E-state index is 0.710. The maximum atomic E-state index is 4.72. The van der Waals surface area contributed by atoms with Crippen LogP contribution in [-0.2, 0) is 6.42 Å². The van der Waals surface area contributed by atoms with Crippen molar-refractivity contribution in [3.8, 4) is 0 Å². The molecule has 128 valence electrons. The first kappa shape index (κ1) is 17.0. The van der Waals surface area contributed by atoms with E-state index >= 15 is 0 Å². The van der Waals surface area contributed by atoms with Gasteiger partial charge in [0.05, 0.1) is 0 Å². The molecule has 0 spiro atoms. The van der Waals surface area contributed by atoms with Crippen molar-refractivity contribution in [2.45, 2.75) is 27.2 Å². The normalized spacial score (nSPS) is 10.5. The topological polar surface area (TPSA) is 41.1 Å². The number of hydrogen-bond donors (Lipinski definition) is 1. The van der Waals surface area contributed by atoms with Crippen molar-refractivity contribution in [2.24, 2.45) is 0 Å². The van der Waals surface area contributed by atoms with Gasteiger partial charge < -0.3 is 10.2 Å². The van der Waals surface area contributed by atoms with Crippen molar-refractivity contribution in [1.29, 1.82) is 0 Å². The summed E-state index contributed by atoms with van der Waals surface area (Å²) in [6.45, 7) is 7.06. The largest absolute Gasteiger partial charge is 0.340 e. The Kier molecular flexibility index (Phi) is 5.29. The van der Waals surface area contributed by atoms with E-state index in [4.69, 9.17) is 4.98 Å². The summed E-state index contributed by atoms with van der Waals surface area (Å²) in [5.74, 6) is 1.52. The molecule has 1 N–H and O–H groups in total. The molecular weight excluding hydrogens is 308 g/mol. The van der Waals surface area contributed by atoms with Gasteiger partial charge in [0.15, 0.2) is 0 Å². The lowest BCUT2D eigenvalue weighted by Gasteiger charge is -2.22. The van der Waals surface area contributed by atoms with Crippen molar-refractivity contribution in [2.75, 3.05) is 16.8 Å². The molecule has 3 rings (SSSR count).